The molecule has 2 saturated carbocycles. The lowest BCUT2D eigenvalue weighted by atomic mass is 9.46. The molecule has 0 aromatic carbocycles. The summed E-state index contributed by atoms with van der Waals surface area (Å²) in [5, 5.41) is 2.78. The van der Waals surface area contributed by atoms with Gasteiger partial charge in [-0.05, 0) is 60.8 Å². The van der Waals surface area contributed by atoms with Crippen molar-refractivity contribution in [3.63, 3.8) is 0 Å². The van der Waals surface area contributed by atoms with Crippen LogP contribution in [0.2, 0.25) is 0 Å². The van der Waals surface area contributed by atoms with Gasteiger partial charge in [-0.3, -0.25) is 4.79 Å². The summed E-state index contributed by atoms with van der Waals surface area (Å²) < 4.78 is 47.4. The molecule has 3 aromatic heterocycles. The largest absolute Gasteiger partial charge is 0.418 e. The second-order valence-corrected chi connectivity index (χ2v) is 11.2. The van der Waals surface area contributed by atoms with Crippen molar-refractivity contribution >= 4 is 29.0 Å². The number of nitrogens with one attached hydrogen (secondary N) is 1. The maximum Gasteiger partial charge on any atom is 0.418 e. The molecule has 2 saturated heterocycles. The van der Waals surface area contributed by atoms with E-state index in [0.717, 1.165) is 42.9 Å². The number of nitrogens with two attached hydrogens (primary N) is 1. The first-order chi connectivity index (χ1) is 19.8. The molecule has 0 bridgehead atoms. The van der Waals surface area contributed by atoms with E-state index in [1.54, 1.807) is 6.20 Å². The van der Waals surface area contributed by atoms with Crippen LogP contribution in [-0.2, 0) is 10.9 Å². The fraction of sp³-hybridized carbons (Fsp3) is 0.464. The molecular formula is C28H29F3N8O2. The SMILES string of the molecule is Nc1ncc(-c2nc(N3CCOCC3)ccc2C(F)(F)F)nc1C(=O)Nc1ncccc1N1C[C@H]2CC3C[C@@H](C1)[C@H]32. The first-order valence-corrected chi connectivity index (χ1v) is 13.8. The van der Waals surface area contributed by atoms with Gasteiger partial charge in [0.2, 0.25) is 0 Å². The van der Waals surface area contributed by atoms with Crippen LogP contribution in [0, 0.1) is 23.7 Å². The van der Waals surface area contributed by atoms with E-state index in [2.05, 4.69) is 30.2 Å². The van der Waals surface area contributed by atoms with E-state index in [9.17, 15) is 18.0 Å². The Morgan fingerprint density at radius 1 is 1.00 bits per heavy atom. The van der Waals surface area contributed by atoms with Gasteiger partial charge in [0, 0.05) is 32.4 Å². The molecule has 13 heteroatoms. The molecule has 4 fully saturated rings. The number of pyridine rings is 2. The van der Waals surface area contributed by atoms with Gasteiger partial charge in [0.1, 0.15) is 17.2 Å². The maximum atomic E-state index is 14.0. The lowest BCUT2D eigenvalue weighted by molar-refractivity contribution is -0.137. The number of hydrogen-bond acceptors (Lipinski definition) is 9. The van der Waals surface area contributed by atoms with Gasteiger partial charge in [-0.25, -0.2) is 19.9 Å². The van der Waals surface area contributed by atoms with Gasteiger partial charge in [-0.15, -0.1) is 0 Å². The molecule has 10 nitrogen and oxygen atoms in total. The first-order valence-electron chi connectivity index (χ1n) is 13.8. The van der Waals surface area contributed by atoms with Gasteiger partial charge >= 0.3 is 6.18 Å². The molecule has 41 heavy (non-hydrogen) atoms. The Kier molecular flexibility index (Phi) is 6.21. The number of rotatable bonds is 5. The molecule has 2 aliphatic heterocycles. The van der Waals surface area contributed by atoms with Crippen molar-refractivity contribution in [3.8, 4) is 11.4 Å². The number of piperidine rings is 1. The molecule has 5 heterocycles. The Morgan fingerprint density at radius 2 is 1.76 bits per heavy atom. The monoisotopic (exact) mass is 566 g/mol. The smallest absolute Gasteiger partial charge is 0.382 e. The number of aromatic nitrogens is 4. The molecule has 3 N–H and O–H groups in total. The molecule has 4 atom stereocenters. The predicted molar refractivity (Wildman–Crippen MR) is 145 cm³/mol. The van der Waals surface area contributed by atoms with Crippen molar-refractivity contribution in [1.82, 2.24) is 19.9 Å². The summed E-state index contributed by atoms with van der Waals surface area (Å²) in [6.45, 7) is 3.69. The van der Waals surface area contributed by atoms with Gasteiger partial charge < -0.3 is 25.6 Å². The van der Waals surface area contributed by atoms with Gasteiger partial charge in [-0.1, -0.05) is 0 Å². The number of anilines is 4. The Hall–Kier alpha value is -4.00. The summed E-state index contributed by atoms with van der Waals surface area (Å²) >= 11 is 0. The van der Waals surface area contributed by atoms with Crippen LogP contribution in [-0.4, -0.2) is 65.2 Å². The zero-order valence-corrected chi connectivity index (χ0v) is 22.1. The average molecular weight is 567 g/mol. The number of nitrogens with zero attached hydrogens (tertiary/aromatic N) is 6. The Morgan fingerprint density at radius 3 is 2.46 bits per heavy atom. The summed E-state index contributed by atoms with van der Waals surface area (Å²) in [6.07, 6.45) is 0.483. The third kappa shape index (κ3) is 4.61. The topological polar surface area (TPSA) is 122 Å². The normalized spacial score (nSPS) is 25.1. The van der Waals surface area contributed by atoms with Crippen molar-refractivity contribution < 1.29 is 22.7 Å². The van der Waals surface area contributed by atoms with Crippen molar-refractivity contribution in [1.29, 1.82) is 0 Å². The van der Waals surface area contributed by atoms with Crippen LogP contribution in [0.5, 0.6) is 0 Å². The molecular weight excluding hydrogens is 537 g/mol. The Bertz CT molecular complexity index is 1480. The number of morpholine rings is 1. The van der Waals surface area contributed by atoms with Crippen LogP contribution in [0.4, 0.5) is 36.3 Å². The molecule has 7 rings (SSSR count). The Balaban J connectivity index is 1.19. The molecule has 1 amide bonds. The molecule has 4 aliphatic rings. The van der Waals surface area contributed by atoms with E-state index in [1.165, 1.54) is 18.9 Å². The minimum atomic E-state index is -4.70. The van der Waals surface area contributed by atoms with Crippen LogP contribution in [0.25, 0.3) is 11.4 Å². The highest BCUT2D eigenvalue weighted by atomic mass is 19.4. The molecule has 1 unspecified atom stereocenters. The van der Waals surface area contributed by atoms with E-state index in [4.69, 9.17) is 10.5 Å². The highest BCUT2D eigenvalue weighted by Gasteiger charge is 2.56. The van der Waals surface area contributed by atoms with Crippen molar-refractivity contribution in [2.75, 3.05) is 60.2 Å². The van der Waals surface area contributed by atoms with Crippen molar-refractivity contribution in [2.45, 2.75) is 19.0 Å². The van der Waals surface area contributed by atoms with Crippen LogP contribution < -0.4 is 20.9 Å². The lowest BCUT2D eigenvalue weighted by Gasteiger charge is -2.64. The fourth-order valence-corrected chi connectivity index (χ4v) is 6.93. The second kappa shape index (κ2) is 9.82. The van der Waals surface area contributed by atoms with Crippen molar-refractivity contribution in [3.05, 3.63) is 47.9 Å². The number of amides is 1. The summed E-state index contributed by atoms with van der Waals surface area (Å²) in [5.74, 6) is 2.82. The minimum absolute atomic E-state index is 0.209. The standard InChI is InChI=1S/C28H29F3N8O2/c29-28(30,31)18-3-4-21(38-6-8-41-9-7-38)36-23(18)19-12-34-25(32)24(35-19)27(40)37-26-20(2-1-5-33-26)39-13-16-10-15-11-17(14-39)22(15)16/h1-5,12,15-17,22H,6-11,13-14H2,(H2,32,34)(H,33,37,40)/t15?,16-,17+,22-. The van der Waals surface area contributed by atoms with E-state index >= 15 is 0 Å². The lowest BCUT2D eigenvalue weighted by Crippen LogP contribution is -2.62. The summed E-state index contributed by atoms with van der Waals surface area (Å²) in [5.41, 5.74) is 4.89. The minimum Gasteiger partial charge on any atom is -0.382 e. The summed E-state index contributed by atoms with van der Waals surface area (Å²) in [4.78, 5) is 34.5. The molecule has 0 radical (unpaired) electrons. The predicted octanol–water partition coefficient (Wildman–Crippen LogP) is 3.72. The number of nitrogen functional groups attached to an aromatic ring is 1. The third-order valence-corrected chi connectivity index (χ3v) is 8.89. The highest BCUT2D eigenvalue weighted by molar-refractivity contribution is 6.06. The van der Waals surface area contributed by atoms with E-state index < -0.39 is 23.3 Å². The number of alkyl halides is 3. The van der Waals surface area contributed by atoms with E-state index in [1.807, 2.05) is 17.0 Å². The van der Waals surface area contributed by atoms with E-state index in [-0.39, 0.29) is 17.2 Å². The third-order valence-electron chi connectivity index (χ3n) is 8.89. The number of carbonyl (C=O) groups excluding carboxylic acids is 1. The van der Waals surface area contributed by atoms with Gasteiger partial charge in [0.05, 0.1) is 30.7 Å². The van der Waals surface area contributed by atoms with Crippen LogP contribution in [0.15, 0.2) is 36.7 Å². The zero-order valence-electron chi connectivity index (χ0n) is 22.1. The summed E-state index contributed by atoms with van der Waals surface area (Å²) in [6, 6.07) is 6.04. The van der Waals surface area contributed by atoms with Gasteiger partial charge in [0.15, 0.2) is 17.3 Å². The molecule has 3 aromatic rings. The quantitative estimate of drug-likeness (QED) is 0.476. The second-order valence-electron chi connectivity index (χ2n) is 11.2. The van der Waals surface area contributed by atoms with E-state index in [0.29, 0.717) is 49.8 Å². The van der Waals surface area contributed by atoms with Crippen molar-refractivity contribution in [2.24, 2.45) is 23.7 Å². The molecule has 214 valence electrons. The Labute approximate surface area is 234 Å². The number of carbonyl (C=O) groups is 1. The highest BCUT2D eigenvalue weighted by Crippen LogP contribution is 2.60. The number of hydrogen-bond donors (Lipinski definition) is 2. The van der Waals surface area contributed by atoms with Crippen LogP contribution >= 0.6 is 0 Å². The average Bonchev–Trinajstić information content (AvgIpc) is 2.94. The van der Waals surface area contributed by atoms with Gasteiger partial charge in [-0.2, -0.15) is 13.2 Å². The summed E-state index contributed by atoms with van der Waals surface area (Å²) in [7, 11) is 0. The zero-order chi connectivity index (χ0) is 28.3. The van der Waals surface area contributed by atoms with Crippen LogP contribution in [0.3, 0.4) is 0 Å². The first kappa shape index (κ1) is 25.9. The van der Waals surface area contributed by atoms with Crippen LogP contribution in [0.1, 0.15) is 28.9 Å². The maximum absolute atomic E-state index is 14.0. The fourth-order valence-electron chi connectivity index (χ4n) is 6.93. The number of halogens is 3. The molecule has 0 spiro atoms. The number of ether oxygens (including phenoxy) is 1. The molecule has 2 aliphatic carbocycles. The van der Waals surface area contributed by atoms with Gasteiger partial charge in [0.25, 0.3) is 5.91 Å².